The van der Waals surface area contributed by atoms with Crippen molar-refractivity contribution in [3.63, 3.8) is 0 Å². The SMILES string of the molecule is C=CCc1cc(/C=C(/C#N)C(=O)NC(C)C)ccc1OCc1ccccc1Cl. The molecule has 5 heteroatoms. The number of ether oxygens (including phenoxy) is 1. The largest absolute Gasteiger partial charge is 0.489 e. The maximum atomic E-state index is 12.1. The van der Waals surface area contributed by atoms with Gasteiger partial charge in [0.25, 0.3) is 5.91 Å². The third-order valence-corrected chi connectivity index (χ3v) is 4.25. The van der Waals surface area contributed by atoms with Gasteiger partial charge in [0.1, 0.15) is 24.0 Å². The fourth-order valence-corrected chi connectivity index (χ4v) is 2.76. The first-order valence-corrected chi connectivity index (χ1v) is 9.35. The van der Waals surface area contributed by atoms with Gasteiger partial charge in [0.15, 0.2) is 0 Å². The van der Waals surface area contributed by atoms with Crippen LogP contribution in [0.3, 0.4) is 0 Å². The van der Waals surface area contributed by atoms with Gasteiger partial charge in [-0.05, 0) is 55.7 Å². The highest BCUT2D eigenvalue weighted by Crippen LogP contribution is 2.25. The minimum atomic E-state index is -0.387. The zero-order valence-corrected chi connectivity index (χ0v) is 16.8. The lowest BCUT2D eigenvalue weighted by molar-refractivity contribution is -0.117. The van der Waals surface area contributed by atoms with E-state index in [1.54, 1.807) is 12.2 Å². The molecular weight excluding hydrogens is 372 g/mol. The number of nitrogens with zero attached hydrogens (tertiary/aromatic N) is 1. The van der Waals surface area contributed by atoms with Crippen LogP contribution < -0.4 is 10.1 Å². The molecule has 0 bridgehead atoms. The number of nitrogens with one attached hydrogen (secondary N) is 1. The molecule has 2 aromatic rings. The van der Waals surface area contributed by atoms with E-state index >= 15 is 0 Å². The van der Waals surface area contributed by atoms with Crippen LogP contribution in [0, 0.1) is 11.3 Å². The molecule has 0 fully saturated rings. The molecule has 0 spiro atoms. The number of hydrogen-bond donors (Lipinski definition) is 1. The van der Waals surface area contributed by atoms with Gasteiger partial charge in [-0.25, -0.2) is 0 Å². The van der Waals surface area contributed by atoms with Crippen LogP contribution in [0.1, 0.15) is 30.5 Å². The van der Waals surface area contributed by atoms with Crippen molar-refractivity contribution in [2.75, 3.05) is 0 Å². The number of halogens is 1. The number of hydrogen-bond acceptors (Lipinski definition) is 3. The number of rotatable bonds is 8. The summed E-state index contributed by atoms with van der Waals surface area (Å²) in [5, 5.41) is 12.7. The Labute approximate surface area is 171 Å². The van der Waals surface area contributed by atoms with Gasteiger partial charge < -0.3 is 10.1 Å². The molecule has 0 aliphatic carbocycles. The Balaban J connectivity index is 2.25. The number of nitriles is 1. The van der Waals surface area contributed by atoms with Crippen molar-refractivity contribution in [2.45, 2.75) is 32.9 Å². The normalized spacial score (nSPS) is 11.0. The molecule has 0 saturated carbocycles. The molecule has 2 rings (SSSR count). The molecule has 0 aliphatic heterocycles. The Morgan fingerprint density at radius 3 is 2.68 bits per heavy atom. The average Bonchev–Trinajstić information content (AvgIpc) is 2.66. The topological polar surface area (TPSA) is 62.1 Å². The van der Waals surface area contributed by atoms with Crippen molar-refractivity contribution in [3.8, 4) is 11.8 Å². The second-order valence-corrected chi connectivity index (χ2v) is 6.95. The highest BCUT2D eigenvalue weighted by molar-refractivity contribution is 6.31. The van der Waals surface area contributed by atoms with Gasteiger partial charge >= 0.3 is 0 Å². The van der Waals surface area contributed by atoms with Crippen LogP contribution >= 0.6 is 11.6 Å². The van der Waals surface area contributed by atoms with E-state index in [0.29, 0.717) is 23.8 Å². The maximum absolute atomic E-state index is 12.1. The smallest absolute Gasteiger partial charge is 0.262 e. The average molecular weight is 395 g/mol. The van der Waals surface area contributed by atoms with Crippen LogP contribution in [0.4, 0.5) is 0 Å². The Bertz CT molecular complexity index is 926. The summed E-state index contributed by atoms with van der Waals surface area (Å²) in [6, 6.07) is 15.0. The lowest BCUT2D eigenvalue weighted by Gasteiger charge is -2.13. The van der Waals surface area contributed by atoms with Gasteiger partial charge in [0, 0.05) is 16.6 Å². The van der Waals surface area contributed by atoms with Gasteiger partial charge in [-0.1, -0.05) is 41.9 Å². The molecule has 0 aromatic heterocycles. The molecule has 0 saturated heterocycles. The fraction of sp³-hybridized carbons (Fsp3) is 0.217. The van der Waals surface area contributed by atoms with Crippen LogP contribution in [0.15, 0.2) is 60.7 Å². The lowest BCUT2D eigenvalue weighted by atomic mass is 10.0. The van der Waals surface area contributed by atoms with E-state index < -0.39 is 0 Å². The van der Waals surface area contributed by atoms with E-state index in [0.717, 1.165) is 16.7 Å². The summed E-state index contributed by atoms with van der Waals surface area (Å²) in [4.78, 5) is 12.1. The quantitative estimate of drug-likeness (QED) is 0.386. The van der Waals surface area contributed by atoms with E-state index in [1.807, 2.05) is 62.4 Å². The first-order valence-electron chi connectivity index (χ1n) is 8.97. The van der Waals surface area contributed by atoms with Crippen molar-refractivity contribution in [1.29, 1.82) is 5.26 Å². The molecule has 2 aromatic carbocycles. The van der Waals surface area contributed by atoms with Crippen molar-refractivity contribution < 1.29 is 9.53 Å². The Kier molecular flexibility index (Phi) is 7.86. The highest BCUT2D eigenvalue weighted by Gasteiger charge is 2.11. The summed E-state index contributed by atoms with van der Waals surface area (Å²) >= 11 is 6.18. The Morgan fingerprint density at radius 2 is 2.04 bits per heavy atom. The zero-order chi connectivity index (χ0) is 20.5. The monoisotopic (exact) mass is 394 g/mol. The predicted molar refractivity (Wildman–Crippen MR) is 113 cm³/mol. The second kappa shape index (κ2) is 10.3. The summed E-state index contributed by atoms with van der Waals surface area (Å²) < 4.78 is 5.95. The summed E-state index contributed by atoms with van der Waals surface area (Å²) in [6.07, 6.45) is 3.95. The lowest BCUT2D eigenvalue weighted by Crippen LogP contribution is -2.30. The van der Waals surface area contributed by atoms with Crippen LogP contribution in [0.25, 0.3) is 6.08 Å². The molecule has 1 amide bonds. The molecular formula is C23H23ClN2O2. The molecule has 1 N–H and O–H groups in total. The van der Waals surface area contributed by atoms with Gasteiger partial charge in [0.2, 0.25) is 0 Å². The van der Waals surface area contributed by atoms with E-state index in [2.05, 4.69) is 11.9 Å². The first kappa shape index (κ1) is 21.3. The molecule has 0 atom stereocenters. The molecule has 0 unspecified atom stereocenters. The Hall–Kier alpha value is -3.03. The molecule has 0 aliphatic rings. The predicted octanol–water partition coefficient (Wildman–Crippen LogP) is 5.08. The van der Waals surface area contributed by atoms with Gasteiger partial charge in [0.05, 0.1) is 0 Å². The minimum absolute atomic E-state index is 0.0406. The summed E-state index contributed by atoms with van der Waals surface area (Å²) in [7, 11) is 0. The molecule has 28 heavy (non-hydrogen) atoms. The van der Waals surface area contributed by atoms with Gasteiger partial charge in [-0.2, -0.15) is 5.26 Å². The van der Waals surface area contributed by atoms with Gasteiger partial charge in [-0.3, -0.25) is 4.79 Å². The number of carbonyl (C=O) groups is 1. The molecule has 0 radical (unpaired) electrons. The second-order valence-electron chi connectivity index (χ2n) is 6.54. The van der Waals surface area contributed by atoms with Gasteiger partial charge in [-0.15, -0.1) is 6.58 Å². The Morgan fingerprint density at radius 1 is 1.29 bits per heavy atom. The van der Waals surface area contributed by atoms with E-state index in [9.17, 15) is 10.1 Å². The third-order valence-electron chi connectivity index (χ3n) is 3.89. The van der Waals surface area contributed by atoms with Crippen molar-refractivity contribution in [1.82, 2.24) is 5.32 Å². The minimum Gasteiger partial charge on any atom is -0.489 e. The van der Waals surface area contributed by atoms with E-state index in [1.165, 1.54) is 0 Å². The maximum Gasteiger partial charge on any atom is 0.262 e. The van der Waals surface area contributed by atoms with Crippen LogP contribution in [-0.4, -0.2) is 11.9 Å². The van der Waals surface area contributed by atoms with Crippen LogP contribution in [-0.2, 0) is 17.8 Å². The summed E-state index contributed by atoms with van der Waals surface area (Å²) in [6.45, 7) is 7.83. The third kappa shape index (κ3) is 6.00. The van der Waals surface area contributed by atoms with Crippen molar-refractivity contribution >= 4 is 23.6 Å². The molecule has 4 nitrogen and oxygen atoms in total. The summed E-state index contributed by atoms with van der Waals surface area (Å²) in [5.41, 5.74) is 2.62. The summed E-state index contributed by atoms with van der Waals surface area (Å²) in [5.74, 6) is 0.323. The van der Waals surface area contributed by atoms with Crippen molar-refractivity contribution in [2.24, 2.45) is 0 Å². The van der Waals surface area contributed by atoms with E-state index in [-0.39, 0.29) is 17.5 Å². The number of carbonyl (C=O) groups excluding carboxylic acids is 1. The highest BCUT2D eigenvalue weighted by atomic mass is 35.5. The standard InChI is InChI=1S/C23H23ClN2O2/c1-4-7-18-12-17(13-20(14-25)23(27)26-16(2)3)10-11-22(18)28-15-19-8-5-6-9-21(19)24/h4-6,8-13,16H,1,7,15H2,2-3H3,(H,26,27)/b20-13-. The van der Waals surface area contributed by atoms with Crippen LogP contribution in [0.5, 0.6) is 5.75 Å². The first-order chi connectivity index (χ1) is 13.4. The number of amides is 1. The number of allylic oxidation sites excluding steroid dienone is 1. The molecule has 144 valence electrons. The van der Waals surface area contributed by atoms with Crippen LogP contribution in [0.2, 0.25) is 5.02 Å². The number of benzene rings is 2. The van der Waals surface area contributed by atoms with Crippen molar-refractivity contribution in [3.05, 3.63) is 82.4 Å². The molecule has 0 heterocycles. The zero-order valence-electron chi connectivity index (χ0n) is 16.0. The fourth-order valence-electron chi connectivity index (χ4n) is 2.57. The van der Waals surface area contributed by atoms with E-state index in [4.69, 9.17) is 16.3 Å².